The van der Waals surface area contributed by atoms with Crippen molar-refractivity contribution in [3.05, 3.63) is 0 Å². The molecule has 0 N–H and O–H groups in total. The summed E-state index contributed by atoms with van der Waals surface area (Å²) in [6, 6.07) is 0. The van der Waals surface area contributed by atoms with Crippen molar-refractivity contribution in [1.29, 1.82) is 0 Å². The molecule has 0 rings (SSSR count). The zero-order valence-electron chi connectivity index (χ0n) is 10.3. The molecule has 0 aliphatic carbocycles. The second kappa shape index (κ2) is 24.6. The molecule has 0 aliphatic rings. The van der Waals surface area contributed by atoms with Gasteiger partial charge in [-0.25, -0.2) is 0 Å². The lowest BCUT2D eigenvalue weighted by molar-refractivity contribution is 0.562. The van der Waals surface area contributed by atoms with E-state index in [-0.39, 0.29) is 50.9 Å². The topological polar surface area (TPSA) is 0 Å². The molecule has 15 heavy (non-hydrogen) atoms. The Morgan fingerprint density at radius 2 is 0.600 bits per heavy atom. The maximum Gasteiger partial charge on any atom is -0.0533 e. The van der Waals surface area contributed by atoms with Crippen LogP contribution in [0.1, 0.15) is 78.1 Å². The summed E-state index contributed by atoms with van der Waals surface area (Å²) in [4.78, 5) is 0. The van der Waals surface area contributed by atoms with E-state index in [2.05, 4.69) is 13.8 Å². The first kappa shape index (κ1) is 25.3. The second-order valence-electron chi connectivity index (χ2n) is 3.83. The minimum Gasteiger partial charge on any atom is -0.114 e. The van der Waals surface area contributed by atoms with Crippen LogP contribution in [0, 0.1) is 0 Å². The van der Waals surface area contributed by atoms with E-state index >= 15 is 0 Å². The smallest absolute Gasteiger partial charge is 0.0533 e. The quantitative estimate of drug-likeness (QED) is 0.371. The lowest BCUT2D eigenvalue weighted by Gasteiger charge is -1.99. The monoisotopic (exact) mass is 410 g/mol. The Labute approximate surface area is 128 Å². The van der Waals surface area contributed by atoms with Crippen LogP contribution < -0.4 is 0 Å². The van der Waals surface area contributed by atoms with E-state index in [1.165, 1.54) is 64.2 Å². The van der Waals surface area contributed by atoms with Crippen LogP contribution in [0.5, 0.6) is 0 Å². The van der Waals surface area contributed by atoms with Crippen molar-refractivity contribution >= 4 is 50.9 Å². The normalized spacial score (nSPS) is 8.40. The zero-order chi connectivity index (χ0) is 9.07. The summed E-state index contributed by atoms with van der Waals surface area (Å²) in [5.41, 5.74) is 0. The third-order valence-electron chi connectivity index (χ3n) is 2.46. The molecule has 0 aromatic carbocycles. The van der Waals surface area contributed by atoms with E-state index in [0.29, 0.717) is 0 Å². The van der Waals surface area contributed by atoms with Crippen LogP contribution in [0.4, 0.5) is 0 Å². The van der Waals surface area contributed by atoms with E-state index in [0.717, 1.165) is 0 Å². The van der Waals surface area contributed by atoms with Gasteiger partial charge in [0.2, 0.25) is 0 Å². The molecule has 0 aromatic heterocycles. The number of rotatable bonds is 9. The van der Waals surface area contributed by atoms with Gasteiger partial charge in [-0.1, -0.05) is 78.1 Å². The molecular weight excluding hydrogens is 384 g/mol. The summed E-state index contributed by atoms with van der Waals surface area (Å²) in [6.45, 7) is 4.56. The average Bonchev–Trinajstić information content (AvgIpc) is 2.10. The van der Waals surface area contributed by atoms with Gasteiger partial charge < -0.3 is 0 Å². The van der Waals surface area contributed by atoms with Crippen LogP contribution in [-0.4, -0.2) is 0 Å². The summed E-state index contributed by atoms with van der Waals surface area (Å²) in [5.74, 6) is 0. The van der Waals surface area contributed by atoms with Crippen LogP contribution in [0.2, 0.25) is 0 Å². The molecule has 0 spiro atoms. The van der Waals surface area contributed by atoms with E-state index in [1.807, 2.05) is 0 Å². The average molecular weight is 413 g/mol. The van der Waals surface area contributed by atoms with E-state index in [4.69, 9.17) is 0 Å². The molecule has 3 heteroatoms. The molecule has 0 nitrogen and oxygen atoms in total. The van der Waals surface area contributed by atoms with Crippen molar-refractivity contribution in [2.45, 2.75) is 78.1 Å². The summed E-state index contributed by atoms with van der Waals surface area (Å²) in [7, 11) is 0. The Morgan fingerprint density at radius 3 is 0.800 bits per heavy atom. The number of hydrogen-bond acceptors (Lipinski definition) is 0. The minimum atomic E-state index is 0. The lowest BCUT2D eigenvalue weighted by atomic mass is 10.1. The van der Waals surface area contributed by atoms with Crippen LogP contribution >= 0.6 is 50.9 Å². The number of hydrogen-bond donors (Lipinski definition) is 0. The fourth-order valence-corrected chi connectivity index (χ4v) is 1.56. The highest BCUT2D eigenvalue weighted by Gasteiger charge is 1.90. The van der Waals surface area contributed by atoms with E-state index < -0.39 is 0 Å². The van der Waals surface area contributed by atoms with Gasteiger partial charge in [0.25, 0.3) is 0 Å². The fourth-order valence-electron chi connectivity index (χ4n) is 1.56. The molecule has 0 saturated carbocycles. The molecule has 0 aromatic rings. The molecule has 0 unspecified atom stereocenters. The molecule has 0 saturated heterocycles. The third-order valence-corrected chi connectivity index (χ3v) is 2.46. The zero-order valence-corrected chi connectivity index (χ0v) is 15.4. The summed E-state index contributed by atoms with van der Waals surface area (Å²) < 4.78 is 0. The first-order chi connectivity index (χ1) is 5.91. The highest BCUT2D eigenvalue weighted by atomic mass is 79.9. The van der Waals surface area contributed by atoms with Crippen LogP contribution in [0.3, 0.4) is 0 Å². The molecule has 0 aliphatic heterocycles. The second-order valence-corrected chi connectivity index (χ2v) is 3.83. The first-order valence-corrected chi connectivity index (χ1v) is 5.91. The predicted molar refractivity (Wildman–Crippen MR) is 88.5 cm³/mol. The summed E-state index contributed by atoms with van der Waals surface area (Å²) in [6.07, 6.45) is 14.4. The third kappa shape index (κ3) is 25.6. The van der Waals surface area contributed by atoms with Crippen molar-refractivity contribution < 1.29 is 0 Å². The Bertz CT molecular complexity index is 67.3. The Kier molecular flexibility index (Phi) is 41.5. The van der Waals surface area contributed by atoms with Gasteiger partial charge in [0.05, 0.1) is 0 Å². The molecule has 0 heterocycles. The molecule has 0 atom stereocenters. The van der Waals surface area contributed by atoms with Gasteiger partial charge in [-0.15, -0.1) is 50.9 Å². The standard InChI is InChI=1S/C12H26.3BrH/c1-3-5-7-9-11-12-10-8-6-4-2;;;/h3-12H2,1-2H3;3*1H. The minimum absolute atomic E-state index is 0. The maximum atomic E-state index is 2.28. The van der Waals surface area contributed by atoms with Gasteiger partial charge in [0, 0.05) is 0 Å². The van der Waals surface area contributed by atoms with E-state index in [9.17, 15) is 0 Å². The Hall–Kier alpha value is 1.44. The summed E-state index contributed by atoms with van der Waals surface area (Å²) >= 11 is 0. The van der Waals surface area contributed by atoms with Crippen LogP contribution in [0.15, 0.2) is 0 Å². The van der Waals surface area contributed by atoms with Crippen LogP contribution in [-0.2, 0) is 0 Å². The predicted octanol–water partition coefficient (Wildman–Crippen LogP) is 6.66. The van der Waals surface area contributed by atoms with Crippen molar-refractivity contribution in [2.24, 2.45) is 0 Å². The molecule has 0 fully saturated rings. The van der Waals surface area contributed by atoms with Gasteiger partial charge in [0.15, 0.2) is 0 Å². The molecule has 0 radical (unpaired) electrons. The highest BCUT2D eigenvalue weighted by molar-refractivity contribution is 8.93. The largest absolute Gasteiger partial charge is 0.114 e. The van der Waals surface area contributed by atoms with Crippen molar-refractivity contribution in [3.8, 4) is 0 Å². The fraction of sp³-hybridized carbons (Fsp3) is 1.00. The van der Waals surface area contributed by atoms with E-state index in [1.54, 1.807) is 0 Å². The molecular formula is C12H29Br3. The first-order valence-electron chi connectivity index (χ1n) is 5.91. The van der Waals surface area contributed by atoms with Gasteiger partial charge in [0.1, 0.15) is 0 Å². The SMILES string of the molecule is Br.Br.Br.CCCCCCCCCCCC. The van der Waals surface area contributed by atoms with Gasteiger partial charge in [-0.3, -0.25) is 0 Å². The maximum absolute atomic E-state index is 2.28. The van der Waals surface area contributed by atoms with Gasteiger partial charge in [-0.05, 0) is 0 Å². The Morgan fingerprint density at radius 1 is 0.400 bits per heavy atom. The molecule has 0 bridgehead atoms. The highest BCUT2D eigenvalue weighted by Crippen LogP contribution is 2.09. The Balaban J connectivity index is -0.000000202. The van der Waals surface area contributed by atoms with Gasteiger partial charge in [-0.2, -0.15) is 0 Å². The van der Waals surface area contributed by atoms with Crippen LogP contribution in [0.25, 0.3) is 0 Å². The van der Waals surface area contributed by atoms with Gasteiger partial charge >= 0.3 is 0 Å². The number of halogens is 3. The van der Waals surface area contributed by atoms with Crippen molar-refractivity contribution in [3.63, 3.8) is 0 Å². The molecule has 98 valence electrons. The summed E-state index contributed by atoms with van der Waals surface area (Å²) in [5, 5.41) is 0. The lowest BCUT2D eigenvalue weighted by Crippen LogP contribution is -1.80. The van der Waals surface area contributed by atoms with Crippen molar-refractivity contribution in [1.82, 2.24) is 0 Å². The molecule has 0 amide bonds. The van der Waals surface area contributed by atoms with Crippen molar-refractivity contribution in [2.75, 3.05) is 0 Å². The number of unbranched alkanes of at least 4 members (excludes halogenated alkanes) is 9.